The average molecular weight is 390 g/mol. The molecule has 2 aromatic heterocycles. The fourth-order valence-corrected chi connectivity index (χ4v) is 3.73. The van der Waals surface area contributed by atoms with Gasteiger partial charge in [0, 0.05) is 11.5 Å². The molecule has 2 aromatic carbocycles. The van der Waals surface area contributed by atoms with E-state index in [9.17, 15) is 14.4 Å². The Morgan fingerprint density at radius 1 is 1.00 bits per heavy atom. The van der Waals surface area contributed by atoms with Crippen LogP contribution in [-0.2, 0) is 4.79 Å². The minimum Gasteiger partial charge on any atom is -0.497 e. The predicted molar refractivity (Wildman–Crippen MR) is 104 cm³/mol. The van der Waals surface area contributed by atoms with Gasteiger partial charge >= 0.3 is 11.6 Å². The van der Waals surface area contributed by atoms with Crippen molar-refractivity contribution in [3.63, 3.8) is 0 Å². The normalized spacial score (nSPS) is 15.9. The smallest absolute Gasteiger partial charge is 0.343 e. The first-order valence-corrected chi connectivity index (χ1v) is 8.92. The number of carbonyl (C=O) groups is 1. The number of para-hydroxylation sites is 1. The zero-order chi connectivity index (χ0) is 20.1. The summed E-state index contributed by atoms with van der Waals surface area (Å²) in [5.74, 6) is -0.749. The molecule has 0 bridgehead atoms. The minimum absolute atomic E-state index is 0.128. The molecule has 1 atom stereocenters. The monoisotopic (exact) mass is 390 g/mol. The Morgan fingerprint density at radius 2 is 1.83 bits per heavy atom. The molecule has 29 heavy (non-hydrogen) atoms. The Morgan fingerprint density at radius 3 is 2.66 bits per heavy atom. The second-order valence-corrected chi connectivity index (χ2v) is 6.74. The van der Waals surface area contributed by atoms with E-state index in [4.69, 9.17) is 18.3 Å². The lowest BCUT2D eigenvalue weighted by molar-refractivity contribution is -0.135. The van der Waals surface area contributed by atoms with E-state index in [2.05, 4.69) is 0 Å². The molecule has 0 aliphatic carbocycles. The van der Waals surface area contributed by atoms with E-state index in [1.807, 2.05) is 0 Å². The molecule has 1 aliphatic rings. The molecule has 0 amide bonds. The highest BCUT2D eigenvalue weighted by molar-refractivity contribution is 5.90. The number of fused-ring (bicyclic) bond motifs is 4. The number of ether oxygens (including phenoxy) is 2. The Hall–Kier alpha value is -3.87. The maximum Gasteiger partial charge on any atom is 0.343 e. The predicted octanol–water partition coefficient (Wildman–Crippen LogP) is 3.35. The third kappa shape index (κ3) is 2.62. The number of hydrogen-bond acceptors (Lipinski definition) is 7. The van der Waals surface area contributed by atoms with Gasteiger partial charge in [0.15, 0.2) is 11.2 Å². The van der Waals surface area contributed by atoms with E-state index in [0.717, 1.165) is 0 Å². The lowest BCUT2D eigenvalue weighted by Crippen LogP contribution is -2.29. The molecule has 144 valence electrons. The molecule has 1 aliphatic heterocycles. The molecule has 0 saturated heterocycles. The zero-order valence-electron chi connectivity index (χ0n) is 15.3. The topological polar surface area (TPSA) is 96.0 Å². The van der Waals surface area contributed by atoms with Gasteiger partial charge in [0.1, 0.15) is 16.9 Å². The van der Waals surface area contributed by atoms with Crippen LogP contribution < -0.4 is 20.5 Å². The van der Waals surface area contributed by atoms with Gasteiger partial charge < -0.3 is 18.3 Å². The number of benzene rings is 2. The molecule has 0 fully saturated rings. The van der Waals surface area contributed by atoms with Crippen LogP contribution in [0.1, 0.15) is 23.5 Å². The first kappa shape index (κ1) is 17.2. The second kappa shape index (κ2) is 6.34. The van der Waals surface area contributed by atoms with Crippen molar-refractivity contribution in [3.05, 3.63) is 80.5 Å². The van der Waals surface area contributed by atoms with E-state index in [0.29, 0.717) is 27.7 Å². The van der Waals surface area contributed by atoms with Crippen molar-refractivity contribution >= 4 is 27.9 Å². The van der Waals surface area contributed by atoms with Crippen molar-refractivity contribution < 1.29 is 23.1 Å². The van der Waals surface area contributed by atoms with E-state index < -0.39 is 17.5 Å². The number of rotatable bonds is 2. The summed E-state index contributed by atoms with van der Waals surface area (Å²) in [7, 11) is 1.50. The van der Waals surface area contributed by atoms with E-state index in [1.54, 1.807) is 42.5 Å². The largest absolute Gasteiger partial charge is 0.497 e. The van der Waals surface area contributed by atoms with Gasteiger partial charge in [-0.3, -0.25) is 9.59 Å². The highest BCUT2D eigenvalue weighted by Gasteiger charge is 2.35. The first-order chi connectivity index (χ1) is 14.1. The molecule has 3 heterocycles. The van der Waals surface area contributed by atoms with E-state index >= 15 is 0 Å². The summed E-state index contributed by atoms with van der Waals surface area (Å²) in [5.41, 5.74) is 0.0115. The highest BCUT2D eigenvalue weighted by Crippen LogP contribution is 2.40. The van der Waals surface area contributed by atoms with Gasteiger partial charge in [-0.25, -0.2) is 4.79 Å². The van der Waals surface area contributed by atoms with Crippen LogP contribution in [0.25, 0.3) is 21.9 Å². The number of carbonyl (C=O) groups excluding carboxylic acids is 1. The fraction of sp³-hybridized carbons (Fsp3) is 0.136. The van der Waals surface area contributed by atoms with Crippen LogP contribution in [0.15, 0.2) is 67.2 Å². The number of esters is 1. The number of hydrogen-bond donors (Lipinski definition) is 0. The Kier molecular flexibility index (Phi) is 3.77. The maximum absolute atomic E-state index is 13.2. The lowest BCUT2D eigenvalue weighted by atomic mass is 9.87. The molecule has 4 aromatic rings. The molecule has 7 nitrogen and oxygen atoms in total. The van der Waals surface area contributed by atoms with Gasteiger partial charge in [0.25, 0.3) is 0 Å². The quantitative estimate of drug-likeness (QED) is 0.382. The summed E-state index contributed by atoms with van der Waals surface area (Å²) in [6, 6.07) is 11.6. The summed E-state index contributed by atoms with van der Waals surface area (Å²) in [6.07, 6.45) is 1.12. The molecule has 1 unspecified atom stereocenters. The SMILES string of the molecule is COc1ccc2occ(C3CC(=O)Oc4c3c(=O)oc3ccccc43)c(=O)c2c1. The Labute approximate surface area is 163 Å². The van der Waals surface area contributed by atoms with E-state index in [-0.39, 0.29) is 28.7 Å². The summed E-state index contributed by atoms with van der Waals surface area (Å²) in [5, 5.41) is 0.791. The van der Waals surface area contributed by atoms with Crippen LogP contribution in [-0.4, -0.2) is 13.1 Å². The second-order valence-electron chi connectivity index (χ2n) is 6.74. The van der Waals surface area contributed by atoms with Crippen molar-refractivity contribution in [1.82, 2.24) is 0 Å². The van der Waals surface area contributed by atoms with Crippen molar-refractivity contribution in [2.24, 2.45) is 0 Å². The summed E-state index contributed by atoms with van der Waals surface area (Å²) >= 11 is 0. The Balaban J connectivity index is 1.80. The highest BCUT2D eigenvalue weighted by atomic mass is 16.5. The van der Waals surface area contributed by atoms with Crippen LogP contribution in [0.2, 0.25) is 0 Å². The van der Waals surface area contributed by atoms with Crippen molar-refractivity contribution in [1.29, 1.82) is 0 Å². The van der Waals surface area contributed by atoms with Crippen molar-refractivity contribution in [3.8, 4) is 11.5 Å². The van der Waals surface area contributed by atoms with Crippen LogP contribution in [0.3, 0.4) is 0 Å². The van der Waals surface area contributed by atoms with Gasteiger partial charge in [0.05, 0.1) is 36.1 Å². The molecular weight excluding hydrogens is 376 g/mol. The third-order valence-corrected chi connectivity index (χ3v) is 5.12. The molecule has 0 spiro atoms. The van der Waals surface area contributed by atoms with E-state index in [1.165, 1.54) is 13.4 Å². The first-order valence-electron chi connectivity index (χ1n) is 8.92. The van der Waals surface area contributed by atoms with Crippen LogP contribution in [0.5, 0.6) is 11.5 Å². The molecule has 0 saturated carbocycles. The van der Waals surface area contributed by atoms with Gasteiger partial charge in [-0.1, -0.05) is 12.1 Å². The minimum atomic E-state index is -0.834. The summed E-state index contributed by atoms with van der Waals surface area (Å²) in [4.78, 5) is 38.3. The average Bonchev–Trinajstić information content (AvgIpc) is 2.73. The zero-order valence-corrected chi connectivity index (χ0v) is 15.3. The van der Waals surface area contributed by atoms with Gasteiger partial charge in [-0.2, -0.15) is 0 Å². The Bertz CT molecular complexity index is 1410. The van der Waals surface area contributed by atoms with Crippen LogP contribution >= 0.6 is 0 Å². The fourth-order valence-electron chi connectivity index (χ4n) is 3.73. The standard InChI is InChI=1S/C22H14O7/c1-26-11-6-7-16-14(8-11)20(24)15(10-27-16)13-9-18(23)29-21-12-4-2-3-5-17(12)28-22(25)19(13)21/h2-8,10,13H,9H2,1H3. The van der Waals surface area contributed by atoms with Gasteiger partial charge in [-0.05, 0) is 30.3 Å². The molecule has 0 N–H and O–H groups in total. The van der Waals surface area contributed by atoms with Crippen molar-refractivity contribution in [2.75, 3.05) is 7.11 Å². The summed E-state index contributed by atoms with van der Waals surface area (Å²) in [6.45, 7) is 0. The molecule has 0 radical (unpaired) electrons. The third-order valence-electron chi connectivity index (χ3n) is 5.12. The van der Waals surface area contributed by atoms with Crippen LogP contribution in [0.4, 0.5) is 0 Å². The molecule has 5 rings (SSSR count). The molecular formula is C22H14O7. The number of methoxy groups -OCH3 is 1. The summed E-state index contributed by atoms with van der Waals surface area (Å²) < 4.78 is 21.6. The van der Waals surface area contributed by atoms with Crippen molar-refractivity contribution in [2.45, 2.75) is 12.3 Å². The molecule has 7 heteroatoms. The maximum atomic E-state index is 13.2. The van der Waals surface area contributed by atoms with Gasteiger partial charge in [-0.15, -0.1) is 0 Å². The van der Waals surface area contributed by atoms with Gasteiger partial charge in [0.2, 0.25) is 0 Å². The lowest BCUT2D eigenvalue weighted by Gasteiger charge is -2.23. The van der Waals surface area contributed by atoms with Crippen LogP contribution in [0, 0.1) is 0 Å².